The van der Waals surface area contributed by atoms with Gasteiger partial charge in [0, 0.05) is 17.1 Å². The van der Waals surface area contributed by atoms with Gasteiger partial charge in [0.25, 0.3) is 0 Å². The summed E-state index contributed by atoms with van der Waals surface area (Å²) in [6.07, 6.45) is 0.500. The third-order valence-electron chi connectivity index (χ3n) is 0. The van der Waals surface area contributed by atoms with Crippen LogP contribution in [0.5, 0.6) is 0 Å². The predicted molar refractivity (Wildman–Crippen MR) is 10.0 cm³/mol. The van der Waals surface area contributed by atoms with Crippen molar-refractivity contribution in [2.75, 3.05) is 0 Å². The van der Waals surface area contributed by atoms with Gasteiger partial charge in [0.15, 0.2) is 0 Å². The summed E-state index contributed by atoms with van der Waals surface area (Å²) in [5, 5.41) is 0. The molecule has 0 N–H and O–H groups in total. The van der Waals surface area contributed by atoms with Crippen molar-refractivity contribution >= 4 is 12.3 Å². The van der Waals surface area contributed by atoms with E-state index in [0.717, 1.165) is 0 Å². The van der Waals surface area contributed by atoms with E-state index in [4.69, 9.17) is 19.2 Å². The summed E-state index contributed by atoms with van der Waals surface area (Å²) in [5.41, 5.74) is 0. The van der Waals surface area contributed by atoms with Crippen LogP contribution >= 0.6 is 0 Å². The molecule has 0 heterocycles. The Bertz CT molecular complexity index is 63.7. The Morgan fingerprint density at radius 1 is 0.714 bits per heavy atom. The van der Waals surface area contributed by atoms with E-state index in [1.165, 1.54) is 0 Å². The molecule has 7 heavy (non-hydrogen) atoms. The Morgan fingerprint density at radius 2 is 0.714 bits per heavy atom. The van der Waals surface area contributed by atoms with Crippen molar-refractivity contribution in [3.05, 3.63) is 0 Å². The van der Waals surface area contributed by atoms with E-state index < -0.39 is 0 Å². The summed E-state index contributed by atoms with van der Waals surface area (Å²) in [6, 6.07) is 0. The maximum atomic E-state index is 8.12. The average Bonchev–Trinajstić information content (AvgIpc) is 1.39. The van der Waals surface area contributed by atoms with E-state index in [-0.39, 0.29) is 29.4 Å². The smallest absolute Gasteiger partial charge is 0.186 e. The van der Waals surface area contributed by atoms with Crippen molar-refractivity contribution in [2.45, 2.75) is 0 Å². The first-order valence-electron chi connectivity index (χ1n) is 0.816. The standard InChI is InChI=1S/2CO2.Fe/c2*2-1-3;. The molecule has 0 fully saturated rings. The molecule has 0 aliphatic rings. The normalized spacial score (nSPS) is 2.29. The molecule has 0 aromatic heterocycles. The fraction of sp³-hybridized carbons (Fsp3) is 0. The largest absolute Gasteiger partial charge is 0.373 e. The van der Waals surface area contributed by atoms with Gasteiger partial charge in [-0.15, -0.1) is 0 Å². The van der Waals surface area contributed by atoms with Gasteiger partial charge in [-0.25, -0.2) is 0 Å². The zero-order chi connectivity index (χ0) is 5.41. The Balaban J connectivity index is -0.0000000400. The molecule has 0 aromatic carbocycles. The maximum absolute atomic E-state index is 8.12. The Hall–Kier alpha value is -0.721. The molecule has 4 nitrogen and oxygen atoms in total. The maximum Gasteiger partial charge on any atom is 0.373 e. The SMILES string of the molecule is O=C=O.O=C=O.[Fe]. The molecule has 40 valence electrons. The Morgan fingerprint density at radius 3 is 0.714 bits per heavy atom. The van der Waals surface area contributed by atoms with Crippen molar-refractivity contribution in [1.29, 1.82) is 0 Å². The number of rotatable bonds is 0. The van der Waals surface area contributed by atoms with E-state index in [1.807, 2.05) is 0 Å². The van der Waals surface area contributed by atoms with Crippen molar-refractivity contribution in [2.24, 2.45) is 0 Å². The van der Waals surface area contributed by atoms with Gasteiger partial charge in [0.2, 0.25) is 0 Å². The molecule has 0 aliphatic carbocycles. The second-order valence-electron chi connectivity index (χ2n) is 0.167. The summed E-state index contributed by atoms with van der Waals surface area (Å²) in [4.78, 5) is 32.5. The molecule has 0 aliphatic heterocycles. The van der Waals surface area contributed by atoms with Crippen LogP contribution in [0.25, 0.3) is 0 Å². The van der Waals surface area contributed by atoms with Crippen LogP contribution in [0.1, 0.15) is 0 Å². The first-order chi connectivity index (χ1) is 2.83. The van der Waals surface area contributed by atoms with E-state index in [0.29, 0.717) is 0 Å². The van der Waals surface area contributed by atoms with Crippen LogP contribution in [0, 0.1) is 0 Å². The van der Waals surface area contributed by atoms with E-state index in [2.05, 4.69) is 0 Å². The van der Waals surface area contributed by atoms with Crippen LogP contribution in [0.2, 0.25) is 0 Å². The van der Waals surface area contributed by atoms with Crippen molar-refractivity contribution in [1.82, 2.24) is 0 Å². The summed E-state index contributed by atoms with van der Waals surface area (Å²) in [6.45, 7) is 0. The fourth-order valence-electron chi connectivity index (χ4n) is 0. The molecule has 0 rings (SSSR count). The summed E-state index contributed by atoms with van der Waals surface area (Å²) >= 11 is 0. The molecular weight excluding hydrogens is 144 g/mol. The van der Waals surface area contributed by atoms with Crippen molar-refractivity contribution < 1.29 is 36.2 Å². The first kappa shape index (κ1) is 16.3. The van der Waals surface area contributed by atoms with E-state index in [1.54, 1.807) is 0 Å². The molecule has 0 atom stereocenters. The molecular formula is C2FeO4. The number of carbonyl (C=O) groups excluding carboxylic acids is 4. The van der Waals surface area contributed by atoms with E-state index in [9.17, 15) is 0 Å². The third-order valence-corrected chi connectivity index (χ3v) is 0. The minimum absolute atomic E-state index is 0. The van der Waals surface area contributed by atoms with Crippen LogP contribution in [-0.4, -0.2) is 12.3 Å². The second-order valence-corrected chi connectivity index (χ2v) is 0.167. The monoisotopic (exact) mass is 144 g/mol. The molecule has 0 bridgehead atoms. The predicted octanol–water partition coefficient (Wildman–Crippen LogP) is -1.17. The quantitative estimate of drug-likeness (QED) is 0.401. The summed E-state index contributed by atoms with van der Waals surface area (Å²) in [7, 11) is 0. The Kier molecular flexibility index (Phi) is 137. The van der Waals surface area contributed by atoms with Crippen LogP contribution in [0.3, 0.4) is 0 Å². The first-order valence-corrected chi connectivity index (χ1v) is 0.816. The van der Waals surface area contributed by atoms with Gasteiger partial charge in [0.05, 0.1) is 0 Å². The molecule has 0 spiro atoms. The van der Waals surface area contributed by atoms with Gasteiger partial charge in [-0.3, -0.25) is 0 Å². The van der Waals surface area contributed by atoms with Gasteiger partial charge >= 0.3 is 12.3 Å². The van der Waals surface area contributed by atoms with Crippen LogP contribution in [0.15, 0.2) is 0 Å². The minimum Gasteiger partial charge on any atom is -0.186 e. The second kappa shape index (κ2) is 59.1. The van der Waals surface area contributed by atoms with Crippen LogP contribution in [-0.2, 0) is 36.2 Å². The molecule has 0 saturated carbocycles. The van der Waals surface area contributed by atoms with Gasteiger partial charge in [-0.1, -0.05) is 0 Å². The zero-order valence-corrected chi connectivity index (χ0v) is 4.09. The zero-order valence-electron chi connectivity index (χ0n) is 2.99. The van der Waals surface area contributed by atoms with Crippen molar-refractivity contribution in [3.63, 3.8) is 0 Å². The molecule has 0 amide bonds. The third kappa shape index (κ3) is 109. The van der Waals surface area contributed by atoms with Crippen LogP contribution in [0.4, 0.5) is 0 Å². The molecule has 0 radical (unpaired) electrons. The number of hydrogen-bond donors (Lipinski definition) is 0. The summed E-state index contributed by atoms with van der Waals surface area (Å²) in [5.74, 6) is 0. The fourth-order valence-corrected chi connectivity index (χ4v) is 0. The summed E-state index contributed by atoms with van der Waals surface area (Å²) < 4.78 is 0. The Labute approximate surface area is 49.4 Å². The molecule has 0 saturated heterocycles. The van der Waals surface area contributed by atoms with Gasteiger partial charge in [-0.2, -0.15) is 19.2 Å². The van der Waals surface area contributed by atoms with Gasteiger partial charge in [0.1, 0.15) is 0 Å². The topological polar surface area (TPSA) is 68.3 Å². The van der Waals surface area contributed by atoms with Gasteiger partial charge < -0.3 is 0 Å². The number of hydrogen-bond acceptors (Lipinski definition) is 4. The molecule has 0 aromatic rings. The average molecular weight is 144 g/mol. The minimum atomic E-state index is 0. The van der Waals surface area contributed by atoms with Gasteiger partial charge in [-0.05, 0) is 0 Å². The molecule has 0 unspecified atom stereocenters. The molecule has 5 heteroatoms. The van der Waals surface area contributed by atoms with E-state index >= 15 is 0 Å². The van der Waals surface area contributed by atoms with Crippen molar-refractivity contribution in [3.8, 4) is 0 Å². The van der Waals surface area contributed by atoms with Crippen LogP contribution < -0.4 is 0 Å².